The fourth-order valence-electron chi connectivity index (χ4n) is 2.71. The van der Waals surface area contributed by atoms with E-state index >= 15 is 0 Å². The molecule has 0 unspecified atom stereocenters. The molecule has 0 saturated carbocycles. The number of rotatable bonds is 6. The van der Waals surface area contributed by atoms with Crippen molar-refractivity contribution in [3.63, 3.8) is 0 Å². The van der Waals surface area contributed by atoms with E-state index in [4.69, 9.17) is 0 Å². The number of anilines is 2. The van der Waals surface area contributed by atoms with Crippen LogP contribution in [0.25, 0.3) is 0 Å². The molecular formula is C19H19FN2O2S. The Balaban J connectivity index is 1.48. The Morgan fingerprint density at radius 2 is 1.92 bits per heavy atom. The molecule has 2 amide bonds. The summed E-state index contributed by atoms with van der Waals surface area (Å²) in [6.07, 6.45) is 1.48. The zero-order valence-corrected chi connectivity index (χ0v) is 14.5. The number of amides is 2. The van der Waals surface area contributed by atoms with Crippen molar-refractivity contribution in [2.45, 2.75) is 18.6 Å². The normalized spacial score (nSPS) is 14.0. The second kappa shape index (κ2) is 8.16. The van der Waals surface area contributed by atoms with Gasteiger partial charge in [0, 0.05) is 30.1 Å². The maximum atomic E-state index is 13.5. The van der Waals surface area contributed by atoms with Crippen LogP contribution in [0.15, 0.2) is 48.5 Å². The summed E-state index contributed by atoms with van der Waals surface area (Å²) in [4.78, 5) is 25.5. The molecule has 2 aromatic carbocycles. The van der Waals surface area contributed by atoms with Gasteiger partial charge in [-0.15, -0.1) is 11.8 Å². The van der Waals surface area contributed by atoms with E-state index in [1.165, 1.54) is 17.8 Å². The van der Waals surface area contributed by atoms with E-state index in [9.17, 15) is 14.0 Å². The van der Waals surface area contributed by atoms with E-state index in [1.807, 2.05) is 12.1 Å². The highest BCUT2D eigenvalue weighted by Gasteiger charge is 2.21. The van der Waals surface area contributed by atoms with Gasteiger partial charge in [0.1, 0.15) is 5.82 Å². The van der Waals surface area contributed by atoms with Crippen LogP contribution < -0.4 is 10.2 Å². The second-order valence-electron chi connectivity index (χ2n) is 5.83. The molecule has 2 aromatic rings. The number of nitrogens with zero attached hydrogens (tertiary/aromatic N) is 1. The molecule has 1 N–H and O–H groups in total. The molecule has 0 atom stereocenters. The molecule has 0 aliphatic carbocycles. The van der Waals surface area contributed by atoms with Gasteiger partial charge < -0.3 is 10.2 Å². The quantitative estimate of drug-likeness (QED) is 0.854. The first-order valence-corrected chi connectivity index (χ1v) is 9.30. The van der Waals surface area contributed by atoms with Gasteiger partial charge in [0.05, 0.1) is 5.75 Å². The Morgan fingerprint density at radius 1 is 1.16 bits per heavy atom. The number of carbonyl (C=O) groups is 2. The number of halogens is 1. The SMILES string of the molecule is O=C(CSCc1ccccc1F)Nc1ccc(N2CCCC2=O)cc1. The van der Waals surface area contributed by atoms with Gasteiger partial charge in [0.2, 0.25) is 11.8 Å². The summed E-state index contributed by atoms with van der Waals surface area (Å²) in [6, 6.07) is 13.8. The number of nitrogens with one attached hydrogen (secondary N) is 1. The monoisotopic (exact) mass is 358 g/mol. The predicted molar refractivity (Wildman–Crippen MR) is 99.2 cm³/mol. The van der Waals surface area contributed by atoms with Crippen LogP contribution in [0.5, 0.6) is 0 Å². The van der Waals surface area contributed by atoms with Gasteiger partial charge in [0.15, 0.2) is 0 Å². The van der Waals surface area contributed by atoms with E-state index in [1.54, 1.807) is 35.2 Å². The van der Waals surface area contributed by atoms with Crippen molar-refractivity contribution in [3.05, 3.63) is 59.9 Å². The maximum absolute atomic E-state index is 13.5. The molecule has 130 valence electrons. The first kappa shape index (κ1) is 17.5. The fraction of sp³-hybridized carbons (Fsp3) is 0.263. The molecule has 3 rings (SSSR count). The molecule has 4 nitrogen and oxygen atoms in total. The van der Waals surface area contributed by atoms with Gasteiger partial charge in [-0.25, -0.2) is 4.39 Å². The van der Waals surface area contributed by atoms with E-state index in [0.717, 1.165) is 18.7 Å². The van der Waals surface area contributed by atoms with E-state index in [0.29, 0.717) is 23.4 Å². The lowest BCUT2D eigenvalue weighted by molar-refractivity contribution is -0.117. The minimum Gasteiger partial charge on any atom is -0.325 e. The highest BCUT2D eigenvalue weighted by atomic mass is 32.2. The minimum absolute atomic E-state index is 0.133. The lowest BCUT2D eigenvalue weighted by Crippen LogP contribution is -2.23. The van der Waals surface area contributed by atoms with Crippen LogP contribution in [-0.4, -0.2) is 24.1 Å². The molecule has 6 heteroatoms. The number of hydrogen-bond donors (Lipinski definition) is 1. The Hall–Kier alpha value is -2.34. The molecule has 0 bridgehead atoms. The Morgan fingerprint density at radius 3 is 2.60 bits per heavy atom. The molecular weight excluding hydrogens is 339 g/mol. The summed E-state index contributed by atoms with van der Waals surface area (Å²) in [5.74, 6) is 0.465. The smallest absolute Gasteiger partial charge is 0.234 e. The van der Waals surface area contributed by atoms with Crippen LogP contribution in [0.3, 0.4) is 0 Å². The molecule has 1 saturated heterocycles. The molecule has 1 aliphatic heterocycles. The van der Waals surface area contributed by atoms with Crippen molar-refractivity contribution in [2.75, 3.05) is 22.5 Å². The first-order chi connectivity index (χ1) is 12.1. The van der Waals surface area contributed by atoms with Crippen LogP contribution in [0.4, 0.5) is 15.8 Å². The lowest BCUT2D eigenvalue weighted by atomic mass is 10.2. The van der Waals surface area contributed by atoms with Gasteiger partial charge in [0.25, 0.3) is 0 Å². The largest absolute Gasteiger partial charge is 0.325 e. The minimum atomic E-state index is -0.248. The third kappa shape index (κ3) is 4.60. The second-order valence-corrected chi connectivity index (χ2v) is 6.81. The third-order valence-electron chi connectivity index (χ3n) is 3.98. The number of carbonyl (C=O) groups excluding carboxylic acids is 2. The molecule has 1 fully saturated rings. The van der Waals surface area contributed by atoms with Gasteiger partial charge in [-0.2, -0.15) is 0 Å². The van der Waals surface area contributed by atoms with Crippen molar-refractivity contribution in [3.8, 4) is 0 Å². The Kier molecular flexibility index (Phi) is 5.71. The number of benzene rings is 2. The summed E-state index contributed by atoms with van der Waals surface area (Å²) in [7, 11) is 0. The van der Waals surface area contributed by atoms with Gasteiger partial charge in [-0.1, -0.05) is 18.2 Å². The third-order valence-corrected chi connectivity index (χ3v) is 4.97. The summed E-state index contributed by atoms with van der Waals surface area (Å²) >= 11 is 1.37. The summed E-state index contributed by atoms with van der Waals surface area (Å²) in [6.45, 7) is 0.747. The first-order valence-electron chi connectivity index (χ1n) is 8.15. The van der Waals surface area contributed by atoms with Crippen molar-refractivity contribution < 1.29 is 14.0 Å². The van der Waals surface area contributed by atoms with Gasteiger partial charge in [-0.05, 0) is 42.3 Å². The van der Waals surface area contributed by atoms with Crippen LogP contribution in [-0.2, 0) is 15.3 Å². The standard InChI is InChI=1S/C19H19FN2O2S/c20-17-5-2-1-4-14(17)12-25-13-18(23)21-15-7-9-16(10-8-15)22-11-3-6-19(22)24/h1-2,4-5,7-10H,3,6,11-13H2,(H,21,23). The van der Waals surface area contributed by atoms with Crippen LogP contribution in [0.1, 0.15) is 18.4 Å². The zero-order chi connectivity index (χ0) is 17.6. The summed E-state index contributed by atoms with van der Waals surface area (Å²) < 4.78 is 13.5. The number of thioether (sulfide) groups is 1. The molecule has 0 aromatic heterocycles. The Labute approximate surface area is 150 Å². The van der Waals surface area contributed by atoms with Gasteiger partial charge >= 0.3 is 0 Å². The van der Waals surface area contributed by atoms with Crippen molar-refractivity contribution >= 4 is 35.0 Å². The average molecular weight is 358 g/mol. The summed E-state index contributed by atoms with van der Waals surface area (Å²) in [5.41, 5.74) is 2.14. The van der Waals surface area contributed by atoms with E-state index in [-0.39, 0.29) is 23.4 Å². The van der Waals surface area contributed by atoms with Crippen LogP contribution in [0, 0.1) is 5.82 Å². The zero-order valence-electron chi connectivity index (χ0n) is 13.7. The highest BCUT2D eigenvalue weighted by molar-refractivity contribution is 7.99. The highest BCUT2D eigenvalue weighted by Crippen LogP contribution is 2.23. The maximum Gasteiger partial charge on any atom is 0.234 e. The fourth-order valence-corrected chi connectivity index (χ4v) is 3.53. The van der Waals surface area contributed by atoms with E-state index < -0.39 is 0 Å². The van der Waals surface area contributed by atoms with E-state index in [2.05, 4.69) is 5.32 Å². The average Bonchev–Trinajstić information content (AvgIpc) is 3.03. The lowest BCUT2D eigenvalue weighted by Gasteiger charge is -2.16. The number of hydrogen-bond acceptors (Lipinski definition) is 3. The molecule has 25 heavy (non-hydrogen) atoms. The molecule has 1 aliphatic rings. The van der Waals surface area contributed by atoms with Crippen molar-refractivity contribution in [2.24, 2.45) is 0 Å². The molecule has 1 heterocycles. The van der Waals surface area contributed by atoms with Crippen LogP contribution in [0.2, 0.25) is 0 Å². The topological polar surface area (TPSA) is 49.4 Å². The predicted octanol–water partition coefficient (Wildman–Crippen LogP) is 3.82. The van der Waals surface area contributed by atoms with Crippen LogP contribution >= 0.6 is 11.8 Å². The Bertz CT molecular complexity index is 764. The molecule has 0 radical (unpaired) electrons. The molecule has 0 spiro atoms. The van der Waals surface area contributed by atoms with Crippen molar-refractivity contribution in [1.29, 1.82) is 0 Å². The summed E-state index contributed by atoms with van der Waals surface area (Å²) in [5, 5.41) is 2.81. The van der Waals surface area contributed by atoms with Gasteiger partial charge in [-0.3, -0.25) is 9.59 Å². The van der Waals surface area contributed by atoms with Crippen molar-refractivity contribution in [1.82, 2.24) is 0 Å².